The molecule has 0 radical (unpaired) electrons. The predicted molar refractivity (Wildman–Crippen MR) is 69.1 cm³/mol. The molecule has 1 aliphatic rings. The van der Waals surface area contributed by atoms with Crippen LogP contribution in [0.5, 0.6) is 0 Å². The van der Waals surface area contributed by atoms with Gasteiger partial charge in [0.2, 0.25) is 5.76 Å². The first-order valence-corrected chi connectivity index (χ1v) is 7.72. The molecule has 0 aromatic carbocycles. The van der Waals surface area contributed by atoms with Crippen LogP contribution in [0.2, 0.25) is 0 Å². The van der Waals surface area contributed by atoms with E-state index in [1.165, 1.54) is 25.7 Å². The third-order valence-electron chi connectivity index (χ3n) is 3.36. The highest BCUT2D eigenvalue weighted by atomic mass is 32.2. The average Bonchev–Trinajstić information content (AvgIpc) is 2.88. The van der Waals surface area contributed by atoms with E-state index in [-0.39, 0.29) is 5.76 Å². The fourth-order valence-corrected chi connectivity index (χ4v) is 3.93. The Hall–Kier alpha value is -1.10. The van der Waals surface area contributed by atoms with E-state index in [0.29, 0.717) is 28.7 Å². The number of rotatable bonds is 5. The van der Waals surface area contributed by atoms with Crippen LogP contribution in [-0.2, 0) is 16.6 Å². The Morgan fingerprint density at radius 1 is 1.50 bits per heavy atom. The fraction of sp³-hybridized carbons (Fsp3) is 0.615. The van der Waals surface area contributed by atoms with Crippen LogP contribution in [0.15, 0.2) is 10.5 Å². The van der Waals surface area contributed by atoms with Gasteiger partial charge < -0.3 is 9.52 Å². The molecule has 100 valence electrons. The van der Waals surface area contributed by atoms with Crippen LogP contribution in [-0.4, -0.2) is 21.0 Å². The van der Waals surface area contributed by atoms with Crippen molar-refractivity contribution < 1.29 is 18.5 Å². The molecule has 0 aliphatic heterocycles. The fourth-order valence-electron chi connectivity index (χ4n) is 2.49. The molecule has 1 fully saturated rings. The van der Waals surface area contributed by atoms with Crippen molar-refractivity contribution in [2.24, 2.45) is 5.92 Å². The maximum atomic E-state index is 12.0. The van der Waals surface area contributed by atoms with Gasteiger partial charge in [0.15, 0.2) is 0 Å². The Morgan fingerprint density at radius 3 is 2.72 bits per heavy atom. The van der Waals surface area contributed by atoms with Gasteiger partial charge in [0.05, 0.1) is 5.75 Å². The molecule has 1 aromatic heterocycles. The van der Waals surface area contributed by atoms with Gasteiger partial charge >= 0.3 is 5.97 Å². The summed E-state index contributed by atoms with van der Waals surface area (Å²) < 4.78 is 17.2. The first kappa shape index (κ1) is 13.3. The van der Waals surface area contributed by atoms with Gasteiger partial charge in [-0.1, -0.05) is 12.8 Å². The second-order valence-electron chi connectivity index (χ2n) is 4.93. The van der Waals surface area contributed by atoms with E-state index in [1.807, 2.05) is 0 Å². The molecular weight excluding hydrogens is 252 g/mol. The van der Waals surface area contributed by atoms with Crippen LogP contribution in [0.1, 0.15) is 47.6 Å². The van der Waals surface area contributed by atoms with Crippen molar-refractivity contribution in [2.75, 3.05) is 5.75 Å². The number of aryl methyl sites for hydroxylation is 1. The van der Waals surface area contributed by atoms with Crippen LogP contribution in [0, 0.1) is 12.8 Å². The van der Waals surface area contributed by atoms with E-state index in [0.717, 1.165) is 0 Å². The number of carbonyl (C=O) groups is 1. The van der Waals surface area contributed by atoms with Crippen LogP contribution >= 0.6 is 0 Å². The molecule has 1 atom stereocenters. The topological polar surface area (TPSA) is 67.5 Å². The Balaban J connectivity index is 1.94. The molecule has 4 nitrogen and oxygen atoms in total. The van der Waals surface area contributed by atoms with Crippen molar-refractivity contribution in [2.45, 2.75) is 38.4 Å². The van der Waals surface area contributed by atoms with Gasteiger partial charge in [-0.25, -0.2) is 4.79 Å². The lowest BCUT2D eigenvalue weighted by molar-refractivity contribution is 0.0659. The molecule has 1 heterocycles. The second-order valence-corrected chi connectivity index (χ2v) is 6.43. The third kappa shape index (κ3) is 3.22. The highest BCUT2D eigenvalue weighted by Gasteiger charge is 2.20. The van der Waals surface area contributed by atoms with E-state index < -0.39 is 16.8 Å². The lowest BCUT2D eigenvalue weighted by Crippen LogP contribution is -2.09. The zero-order valence-electron chi connectivity index (χ0n) is 10.5. The van der Waals surface area contributed by atoms with Crippen molar-refractivity contribution in [1.29, 1.82) is 0 Å². The van der Waals surface area contributed by atoms with Crippen LogP contribution < -0.4 is 0 Å². The summed E-state index contributed by atoms with van der Waals surface area (Å²) in [5.41, 5.74) is 0.593. The first-order valence-electron chi connectivity index (χ1n) is 6.24. The predicted octanol–water partition coefficient (Wildman–Crippen LogP) is 2.73. The molecule has 0 amide bonds. The molecule has 2 rings (SSSR count). The summed E-state index contributed by atoms with van der Waals surface area (Å²) in [5.74, 6) is 1.01. The number of carboxylic acids is 1. The summed E-state index contributed by atoms with van der Waals surface area (Å²) in [4.78, 5) is 10.8. The number of hydrogen-bond donors (Lipinski definition) is 1. The number of furan rings is 1. The summed E-state index contributed by atoms with van der Waals surface area (Å²) in [7, 11) is -0.956. The van der Waals surface area contributed by atoms with Gasteiger partial charge in [0, 0.05) is 22.1 Å². The normalized spacial score (nSPS) is 18.1. The van der Waals surface area contributed by atoms with Crippen molar-refractivity contribution in [3.63, 3.8) is 0 Å². The van der Waals surface area contributed by atoms with E-state index in [1.54, 1.807) is 13.0 Å². The Kier molecular flexibility index (Phi) is 4.22. The second kappa shape index (κ2) is 5.69. The number of aromatic carboxylic acids is 1. The summed E-state index contributed by atoms with van der Waals surface area (Å²) >= 11 is 0. The van der Waals surface area contributed by atoms with E-state index in [9.17, 15) is 9.00 Å². The van der Waals surface area contributed by atoms with Crippen molar-refractivity contribution >= 4 is 16.8 Å². The van der Waals surface area contributed by atoms with E-state index in [2.05, 4.69) is 0 Å². The molecular formula is C13H18O4S. The molecule has 18 heavy (non-hydrogen) atoms. The molecule has 1 unspecified atom stereocenters. The molecule has 1 N–H and O–H groups in total. The van der Waals surface area contributed by atoms with Crippen molar-refractivity contribution in [3.05, 3.63) is 23.2 Å². The molecule has 0 spiro atoms. The summed E-state index contributed by atoms with van der Waals surface area (Å²) in [6.45, 7) is 1.69. The highest BCUT2D eigenvalue weighted by Crippen LogP contribution is 2.26. The maximum Gasteiger partial charge on any atom is 0.372 e. The Labute approximate surface area is 109 Å². The van der Waals surface area contributed by atoms with Gasteiger partial charge in [0.1, 0.15) is 5.76 Å². The van der Waals surface area contributed by atoms with E-state index in [4.69, 9.17) is 9.52 Å². The Morgan fingerprint density at radius 2 is 2.17 bits per heavy atom. The van der Waals surface area contributed by atoms with Crippen molar-refractivity contribution in [1.82, 2.24) is 0 Å². The Bertz CT molecular complexity index is 458. The SMILES string of the molecule is Cc1cc(CS(=O)CC2CCCC2)oc1C(=O)O. The molecule has 1 saturated carbocycles. The van der Waals surface area contributed by atoms with Crippen LogP contribution in [0.4, 0.5) is 0 Å². The maximum absolute atomic E-state index is 12.0. The van der Waals surface area contributed by atoms with Gasteiger partial charge in [-0.2, -0.15) is 0 Å². The molecule has 1 aliphatic carbocycles. The molecule has 0 bridgehead atoms. The van der Waals surface area contributed by atoms with E-state index >= 15 is 0 Å². The monoisotopic (exact) mass is 270 g/mol. The molecule has 5 heteroatoms. The third-order valence-corrected chi connectivity index (χ3v) is 4.81. The molecule has 0 saturated heterocycles. The number of hydrogen-bond acceptors (Lipinski definition) is 3. The quantitative estimate of drug-likeness (QED) is 0.893. The first-order chi connectivity index (χ1) is 8.56. The number of carboxylic acid groups (broad SMARTS) is 1. The summed E-state index contributed by atoms with van der Waals surface area (Å²) in [5, 5.41) is 8.87. The van der Waals surface area contributed by atoms with Crippen molar-refractivity contribution in [3.8, 4) is 0 Å². The zero-order chi connectivity index (χ0) is 13.1. The van der Waals surface area contributed by atoms with Gasteiger partial charge in [-0.05, 0) is 31.7 Å². The van der Waals surface area contributed by atoms with Gasteiger partial charge in [-0.3, -0.25) is 4.21 Å². The minimum atomic E-state index is -1.07. The largest absolute Gasteiger partial charge is 0.475 e. The zero-order valence-corrected chi connectivity index (χ0v) is 11.3. The van der Waals surface area contributed by atoms with Crippen LogP contribution in [0.3, 0.4) is 0 Å². The smallest absolute Gasteiger partial charge is 0.372 e. The van der Waals surface area contributed by atoms with Gasteiger partial charge in [0.25, 0.3) is 0 Å². The minimum absolute atomic E-state index is 0.0390. The van der Waals surface area contributed by atoms with Crippen LogP contribution in [0.25, 0.3) is 0 Å². The summed E-state index contributed by atoms with van der Waals surface area (Å²) in [6.07, 6.45) is 4.82. The lowest BCUT2D eigenvalue weighted by Gasteiger charge is -2.06. The highest BCUT2D eigenvalue weighted by molar-refractivity contribution is 7.84. The average molecular weight is 270 g/mol. The lowest BCUT2D eigenvalue weighted by atomic mass is 10.1. The van der Waals surface area contributed by atoms with Gasteiger partial charge in [-0.15, -0.1) is 0 Å². The molecule has 1 aromatic rings. The minimum Gasteiger partial charge on any atom is -0.475 e. The summed E-state index contributed by atoms with van der Waals surface area (Å²) in [6, 6.07) is 1.68. The standard InChI is InChI=1S/C13H18O4S/c1-9-6-11(17-12(9)13(14)15)8-18(16)7-10-4-2-3-5-10/h6,10H,2-5,7-8H2,1H3,(H,14,15).